The number of anilines is 1. The van der Waals surface area contributed by atoms with Crippen LogP contribution in [-0.2, 0) is 15.7 Å². The van der Waals surface area contributed by atoms with Crippen LogP contribution in [0.4, 0.5) is 18.9 Å². The maximum Gasteiger partial charge on any atom is 0.417 e. The van der Waals surface area contributed by atoms with Gasteiger partial charge in [-0.15, -0.1) is 0 Å². The van der Waals surface area contributed by atoms with Crippen molar-refractivity contribution < 1.29 is 27.8 Å². The highest BCUT2D eigenvalue weighted by Gasteiger charge is 2.34. The molecule has 0 atom stereocenters. The molecule has 1 fully saturated rings. The highest BCUT2D eigenvalue weighted by atomic mass is 19.4. The van der Waals surface area contributed by atoms with Gasteiger partial charge in [-0.1, -0.05) is 0 Å². The first-order valence-electron chi connectivity index (χ1n) is 7.51. The molecule has 0 unspecified atom stereocenters. The van der Waals surface area contributed by atoms with Crippen molar-refractivity contribution >= 4 is 11.7 Å². The van der Waals surface area contributed by atoms with Crippen molar-refractivity contribution in [2.24, 2.45) is 0 Å². The van der Waals surface area contributed by atoms with Crippen LogP contribution in [0.1, 0.15) is 36.8 Å². The van der Waals surface area contributed by atoms with Gasteiger partial charge < -0.3 is 15.2 Å². The Morgan fingerprint density at radius 2 is 2.00 bits per heavy atom. The Labute approximate surface area is 137 Å². The fourth-order valence-corrected chi connectivity index (χ4v) is 2.76. The van der Waals surface area contributed by atoms with Gasteiger partial charge >= 0.3 is 12.1 Å². The minimum absolute atomic E-state index is 0.0105. The Kier molecular flexibility index (Phi) is 5.67. The summed E-state index contributed by atoms with van der Waals surface area (Å²) in [6.45, 7) is -0.340. The molecule has 1 aliphatic rings. The van der Waals surface area contributed by atoms with Gasteiger partial charge in [0.05, 0.1) is 23.3 Å². The number of carbonyl (C=O) groups is 1. The van der Waals surface area contributed by atoms with Gasteiger partial charge in [-0.3, -0.25) is 0 Å². The maximum absolute atomic E-state index is 13.0. The number of hydrogen-bond donors (Lipinski definition) is 2. The largest absolute Gasteiger partial charge is 0.480 e. The van der Waals surface area contributed by atoms with Crippen LogP contribution < -0.4 is 5.32 Å². The summed E-state index contributed by atoms with van der Waals surface area (Å²) in [7, 11) is 0. The molecule has 5 nitrogen and oxygen atoms in total. The van der Waals surface area contributed by atoms with Gasteiger partial charge in [0.2, 0.25) is 0 Å². The zero-order valence-corrected chi connectivity index (χ0v) is 12.8. The van der Waals surface area contributed by atoms with Crippen molar-refractivity contribution in [1.82, 2.24) is 0 Å². The van der Waals surface area contributed by atoms with Crippen LogP contribution in [-0.4, -0.2) is 29.8 Å². The van der Waals surface area contributed by atoms with Crippen molar-refractivity contribution in [2.75, 3.05) is 11.9 Å². The average Bonchev–Trinajstić information content (AvgIpc) is 2.53. The van der Waals surface area contributed by atoms with Gasteiger partial charge in [0.1, 0.15) is 6.61 Å². The second kappa shape index (κ2) is 7.53. The van der Waals surface area contributed by atoms with Crippen molar-refractivity contribution in [3.8, 4) is 6.07 Å². The highest BCUT2D eigenvalue weighted by Crippen LogP contribution is 2.34. The summed E-state index contributed by atoms with van der Waals surface area (Å²) < 4.78 is 44.1. The average molecular weight is 342 g/mol. The molecule has 1 saturated carbocycles. The molecule has 8 heteroatoms. The number of alkyl halides is 3. The van der Waals surface area contributed by atoms with E-state index in [1.165, 1.54) is 6.07 Å². The maximum atomic E-state index is 13.0. The number of aliphatic carboxylic acids is 1. The van der Waals surface area contributed by atoms with Crippen molar-refractivity contribution in [3.63, 3.8) is 0 Å². The molecule has 2 rings (SSSR count). The Morgan fingerprint density at radius 3 is 2.54 bits per heavy atom. The van der Waals surface area contributed by atoms with E-state index in [2.05, 4.69) is 5.32 Å². The molecule has 2 N–H and O–H groups in total. The lowest BCUT2D eigenvalue weighted by Gasteiger charge is -2.29. The molecule has 0 saturated heterocycles. The van der Waals surface area contributed by atoms with E-state index in [1.54, 1.807) is 6.07 Å². The quantitative estimate of drug-likeness (QED) is 0.857. The van der Waals surface area contributed by atoms with E-state index in [0.29, 0.717) is 31.4 Å². The van der Waals surface area contributed by atoms with Crippen LogP contribution >= 0.6 is 0 Å². The smallest absolute Gasteiger partial charge is 0.417 e. The standard InChI is InChI=1S/C16H17F3N2O3/c17-16(18,19)14-7-12(2-1-10(14)8-20)21-11-3-5-13(6-4-11)24-9-15(22)23/h1-2,7,11,13,21H,3-6,9H2,(H,22,23)/t11-,13-. The highest BCUT2D eigenvalue weighted by molar-refractivity contribution is 5.68. The zero-order chi connectivity index (χ0) is 17.7. The third kappa shape index (κ3) is 4.86. The molecule has 130 valence electrons. The van der Waals surface area contributed by atoms with E-state index in [9.17, 15) is 18.0 Å². The lowest BCUT2D eigenvalue weighted by molar-refractivity contribution is -0.145. The number of carboxylic acids is 1. The van der Waals surface area contributed by atoms with Crippen LogP contribution in [0.25, 0.3) is 0 Å². The summed E-state index contributed by atoms with van der Waals surface area (Å²) in [5.74, 6) is -1.02. The van der Waals surface area contributed by atoms with Gasteiger partial charge in [0.15, 0.2) is 0 Å². The third-order valence-electron chi connectivity index (χ3n) is 3.93. The Bertz CT molecular complexity index is 632. The molecular formula is C16H17F3N2O3. The number of hydrogen-bond acceptors (Lipinski definition) is 4. The van der Waals surface area contributed by atoms with E-state index in [1.807, 2.05) is 0 Å². The van der Waals surface area contributed by atoms with Crippen LogP contribution in [0.5, 0.6) is 0 Å². The molecule has 24 heavy (non-hydrogen) atoms. The van der Waals surface area contributed by atoms with Crippen LogP contribution in [0.15, 0.2) is 18.2 Å². The summed E-state index contributed by atoms with van der Waals surface area (Å²) in [5.41, 5.74) is -1.04. The van der Waals surface area contributed by atoms with Crippen LogP contribution in [0, 0.1) is 11.3 Å². The fourth-order valence-electron chi connectivity index (χ4n) is 2.76. The molecule has 0 radical (unpaired) electrons. The normalized spacial score (nSPS) is 21.1. The molecule has 1 aromatic carbocycles. The summed E-state index contributed by atoms with van der Waals surface area (Å²) in [4.78, 5) is 10.5. The van der Waals surface area contributed by atoms with E-state index in [-0.39, 0.29) is 18.8 Å². The number of nitrogens with one attached hydrogen (secondary N) is 1. The van der Waals surface area contributed by atoms with E-state index in [0.717, 1.165) is 12.1 Å². The molecule has 0 heterocycles. The number of nitrogens with zero attached hydrogens (tertiary/aromatic N) is 1. The first-order valence-corrected chi connectivity index (χ1v) is 7.51. The van der Waals surface area contributed by atoms with Crippen molar-refractivity contribution in [3.05, 3.63) is 29.3 Å². The lowest BCUT2D eigenvalue weighted by atomic mass is 9.92. The van der Waals surface area contributed by atoms with Gasteiger partial charge in [-0.25, -0.2) is 4.79 Å². The fraction of sp³-hybridized carbons (Fsp3) is 0.500. The molecule has 0 spiro atoms. The Balaban J connectivity index is 1.96. The number of benzene rings is 1. The molecule has 0 aliphatic heterocycles. The number of carboxylic acid groups (broad SMARTS) is 1. The van der Waals surface area contributed by atoms with E-state index < -0.39 is 23.3 Å². The number of halogens is 3. The number of ether oxygens (including phenoxy) is 1. The predicted octanol–water partition coefficient (Wildman–Crippen LogP) is 3.40. The van der Waals surface area contributed by atoms with E-state index in [4.69, 9.17) is 15.1 Å². The van der Waals surface area contributed by atoms with Gasteiger partial charge in [0, 0.05) is 11.7 Å². The molecule has 1 aliphatic carbocycles. The van der Waals surface area contributed by atoms with E-state index >= 15 is 0 Å². The topological polar surface area (TPSA) is 82.3 Å². The summed E-state index contributed by atoms with van der Waals surface area (Å²) in [5, 5.41) is 20.4. The van der Waals surface area contributed by atoms with Crippen molar-refractivity contribution in [1.29, 1.82) is 5.26 Å². The third-order valence-corrected chi connectivity index (χ3v) is 3.93. The minimum atomic E-state index is -4.58. The first-order chi connectivity index (χ1) is 11.3. The van der Waals surface area contributed by atoms with Gasteiger partial charge in [-0.05, 0) is 43.9 Å². The predicted molar refractivity (Wildman–Crippen MR) is 79.4 cm³/mol. The SMILES string of the molecule is N#Cc1ccc(N[C@H]2CC[C@H](OCC(=O)O)CC2)cc1C(F)(F)F. The number of nitriles is 1. The molecule has 1 aromatic rings. The van der Waals surface area contributed by atoms with Gasteiger partial charge in [0.25, 0.3) is 0 Å². The minimum Gasteiger partial charge on any atom is -0.480 e. The van der Waals surface area contributed by atoms with Crippen LogP contribution in [0.2, 0.25) is 0 Å². The molecular weight excluding hydrogens is 325 g/mol. The summed E-state index contributed by atoms with van der Waals surface area (Å²) in [6, 6.07) is 5.11. The monoisotopic (exact) mass is 342 g/mol. The Morgan fingerprint density at radius 1 is 1.33 bits per heavy atom. The first kappa shape index (κ1) is 18.1. The van der Waals surface area contributed by atoms with Crippen molar-refractivity contribution in [2.45, 2.75) is 44.0 Å². The summed E-state index contributed by atoms with van der Waals surface area (Å²) >= 11 is 0. The summed E-state index contributed by atoms with van der Waals surface area (Å²) in [6.07, 6.45) is -2.07. The molecule has 0 bridgehead atoms. The zero-order valence-electron chi connectivity index (χ0n) is 12.8. The lowest BCUT2D eigenvalue weighted by Crippen LogP contribution is -2.30. The second-order valence-electron chi connectivity index (χ2n) is 5.69. The van der Waals surface area contributed by atoms with Crippen LogP contribution in [0.3, 0.4) is 0 Å². The second-order valence-corrected chi connectivity index (χ2v) is 5.69. The Hall–Kier alpha value is -2.27. The number of rotatable bonds is 5. The molecule has 0 amide bonds. The molecule has 0 aromatic heterocycles. The van der Waals surface area contributed by atoms with Gasteiger partial charge in [-0.2, -0.15) is 18.4 Å².